The number of likely N-dealkylation sites (N-methyl/N-ethyl adjacent to an activating group) is 1. The van der Waals surface area contributed by atoms with E-state index in [1.807, 2.05) is 0 Å². The van der Waals surface area contributed by atoms with Crippen LogP contribution in [-0.2, 0) is 9.59 Å². The van der Waals surface area contributed by atoms with E-state index >= 15 is 0 Å². The molecule has 1 aliphatic carbocycles. The van der Waals surface area contributed by atoms with Gasteiger partial charge in [0, 0.05) is 13.6 Å². The van der Waals surface area contributed by atoms with Crippen molar-refractivity contribution < 1.29 is 19.1 Å². The van der Waals surface area contributed by atoms with Crippen LogP contribution in [-0.4, -0.2) is 59.9 Å². The lowest BCUT2D eigenvalue weighted by Gasteiger charge is -2.32. The number of anilines is 1. The summed E-state index contributed by atoms with van der Waals surface area (Å²) in [5, 5.41) is 0. The van der Waals surface area contributed by atoms with Crippen LogP contribution in [0.15, 0.2) is 24.3 Å². The molecule has 7 nitrogen and oxygen atoms in total. The highest BCUT2D eigenvalue weighted by Gasteiger charge is 2.49. The third-order valence-corrected chi connectivity index (χ3v) is 5.20. The number of urea groups is 1. The van der Waals surface area contributed by atoms with E-state index in [2.05, 4.69) is 0 Å². The monoisotopic (exact) mass is 343 g/mol. The van der Waals surface area contributed by atoms with E-state index < -0.39 is 12.1 Å². The summed E-state index contributed by atoms with van der Waals surface area (Å²) < 4.78 is 5.92. The maximum absolute atomic E-state index is 12.7. The first kappa shape index (κ1) is 15.9. The number of amides is 4. The highest BCUT2D eigenvalue weighted by Crippen LogP contribution is 2.30. The smallest absolute Gasteiger partial charge is 0.332 e. The highest BCUT2D eigenvalue weighted by molar-refractivity contribution is 6.22. The molecule has 4 amide bonds. The average Bonchev–Trinajstić information content (AvgIpc) is 3.18. The fourth-order valence-corrected chi connectivity index (χ4v) is 3.73. The van der Waals surface area contributed by atoms with Gasteiger partial charge in [-0.05, 0) is 49.9 Å². The topological polar surface area (TPSA) is 70.2 Å². The fourth-order valence-electron chi connectivity index (χ4n) is 3.73. The van der Waals surface area contributed by atoms with Crippen LogP contribution in [0.1, 0.15) is 25.7 Å². The van der Waals surface area contributed by atoms with Crippen molar-refractivity contribution in [2.45, 2.75) is 37.8 Å². The number of piperazine rings is 1. The first-order chi connectivity index (χ1) is 12.0. The van der Waals surface area contributed by atoms with Gasteiger partial charge in [0.25, 0.3) is 5.91 Å². The van der Waals surface area contributed by atoms with Crippen molar-refractivity contribution in [3.63, 3.8) is 0 Å². The summed E-state index contributed by atoms with van der Waals surface area (Å²) in [6.45, 7) is 0.188. The van der Waals surface area contributed by atoms with E-state index in [9.17, 15) is 14.4 Å². The zero-order chi connectivity index (χ0) is 17.6. The molecule has 0 N–H and O–H groups in total. The highest BCUT2D eigenvalue weighted by atomic mass is 16.5. The Balaban J connectivity index is 1.52. The number of carbonyl (C=O) groups is 3. The number of carbonyl (C=O) groups excluding carboxylic acids is 3. The normalized spacial score (nSPS) is 24.3. The number of ether oxygens (including phenoxy) is 1. The number of nitrogens with zero attached hydrogens (tertiary/aromatic N) is 3. The van der Waals surface area contributed by atoms with Crippen LogP contribution < -0.4 is 9.64 Å². The second-order valence-electron chi connectivity index (χ2n) is 6.89. The summed E-state index contributed by atoms with van der Waals surface area (Å²) >= 11 is 0. The van der Waals surface area contributed by atoms with Crippen molar-refractivity contribution in [3.8, 4) is 5.75 Å². The molecule has 1 unspecified atom stereocenters. The van der Waals surface area contributed by atoms with Crippen LogP contribution in [0.2, 0.25) is 0 Å². The molecule has 3 aliphatic rings. The van der Waals surface area contributed by atoms with Crippen LogP contribution in [0.5, 0.6) is 5.75 Å². The summed E-state index contributed by atoms with van der Waals surface area (Å²) in [5.74, 6) is 0.316. The van der Waals surface area contributed by atoms with E-state index in [-0.39, 0.29) is 31.0 Å². The third kappa shape index (κ3) is 2.73. The van der Waals surface area contributed by atoms with Crippen LogP contribution in [0.4, 0.5) is 10.5 Å². The molecule has 4 rings (SSSR count). The minimum Gasteiger partial charge on any atom is -0.490 e. The second-order valence-corrected chi connectivity index (χ2v) is 6.89. The van der Waals surface area contributed by atoms with Crippen molar-refractivity contribution in [3.05, 3.63) is 24.3 Å². The summed E-state index contributed by atoms with van der Waals surface area (Å²) in [6, 6.07) is 6.02. The van der Waals surface area contributed by atoms with Crippen LogP contribution in [0.25, 0.3) is 0 Å². The molecule has 0 spiro atoms. The van der Waals surface area contributed by atoms with Gasteiger partial charge >= 0.3 is 6.03 Å². The number of hydrogen-bond acceptors (Lipinski definition) is 4. The molecule has 0 radical (unpaired) electrons. The van der Waals surface area contributed by atoms with E-state index in [0.717, 1.165) is 23.5 Å². The van der Waals surface area contributed by atoms with Crippen LogP contribution in [0.3, 0.4) is 0 Å². The maximum atomic E-state index is 12.7. The molecule has 3 fully saturated rings. The van der Waals surface area contributed by atoms with Gasteiger partial charge in [-0.2, -0.15) is 0 Å². The van der Waals surface area contributed by atoms with Crippen molar-refractivity contribution in [1.29, 1.82) is 0 Å². The van der Waals surface area contributed by atoms with E-state index in [0.29, 0.717) is 5.69 Å². The first-order valence-electron chi connectivity index (χ1n) is 8.70. The average molecular weight is 343 g/mol. The zero-order valence-corrected chi connectivity index (χ0v) is 14.2. The second kappa shape index (κ2) is 6.06. The van der Waals surface area contributed by atoms with E-state index in [4.69, 9.17) is 4.74 Å². The molecule has 2 saturated heterocycles. The summed E-state index contributed by atoms with van der Waals surface area (Å²) in [7, 11) is 1.65. The van der Waals surface area contributed by atoms with Crippen molar-refractivity contribution in [2.24, 2.45) is 0 Å². The Kier molecular flexibility index (Phi) is 3.86. The molecule has 1 saturated carbocycles. The predicted molar refractivity (Wildman–Crippen MR) is 90.3 cm³/mol. The van der Waals surface area contributed by atoms with Crippen LogP contribution in [0, 0.1) is 0 Å². The minimum atomic E-state index is -0.593. The van der Waals surface area contributed by atoms with E-state index in [1.54, 1.807) is 31.3 Å². The number of benzene rings is 1. The maximum Gasteiger partial charge on any atom is 0.332 e. The van der Waals surface area contributed by atoms with Crippen LogP contribution >= 0.6 is 0 Å². The van der Waals surface area contributed by atoms with Gasteiger partial charge in [-0.1, -0.05) is 0 Å². The van der Waals surface area contributed by atoms with Crippen molar-refractivity contribution in [2.75, 3.05) is 25.0 Å². The lowest BCUT2D eigenvalue weighted by molar-refractivity contribution is -0.136. The van der Waals surface area contributed by atoms with Gasteiger partial charge in [0.1, 0.15) is 18.3 Å². The number of imide groups is 1. The Morgan fingerprint density at radius 1 is 1.04 bits per heavy atom. The lowest BCUT2D eigenvalue weighted by atomic mass is 10.2. The molecular weight excluding hydrogens is 322 g/mol. The molecule has 1 atom stereocenters. The van der Waals surface area contributed by atoms with Gasteiger partial charge in [0.2, 0.25) is 5.91 Å². The largest absolute Gasteiger partial charge is 0.490 e. The van der Waals surface area contributed by atoms with Crippen molar-refractivity contribution >= 4 is 23.5 Å². The van der Waals surface area contributed by atoms with Gasteiger partial charge in [-0.25, -0.2) is 9.69 Å². The standard InChI is InChI=1S/C18H21N3O4/c1-19-10-15-17(23)21(18(24)20(15)11-16(19)22)12-6-8-14(9-7-12)25-13-4-2-3-5-13/h6-9,13,15H,2-5,10-11H2,1H3. The third-order valence-electron chi connectivity index (χ3n) is 5.20. The Bertz CT molecular complexity index is 712. The Hall–Kier alpha value is -2.57. The fraction of sp³-hybridized carbons (Fsp3) is 0.500. The van der Waals surface area contributed by atoms with Gasteiger partial charge < -0.3 is 14.5 Å². The molecule has 25 heavy (non-hydrogen) atoms. The molecular formula is C18H21N3O4. The molecule has 2 aliphatic heterocycles. The summed E-state index contributed by atoms with van der Waals surface area (Å²) in [5.41, 5.74) is 0.512. The molecule has 0 bridgehead atoms. The number of rotatable bonds is 3. The Morgan fingerprint density at radius 2 is 1.72 bits per heavy atom. The molecule has 7 heteroatoms. The molecule has 2 heterocycles. The summed E-state index contributed by atoms with van der Waals surface area (Å²) in [6.07, 6.45) is 4.80. The van der Waals surface area contributed by atoms with Crippen molar-refractivity contribution in [1.82, 2.24) is 9.80 Å². The summed E-state index contributed by atoms with van der Waals surface area (Å²) in [4.78, 5) is 41.1. The quantitative estimate of drug-likeness (QED) is 0.782. The van der Waals surface area contributed by atoms with Gasteiger partial charge in [0.15, 0.2) is 0 Å². The Labute approximate surface area is 146 Å². The lowest BCUT2D eigenvalue weighted by Crippen LogP contribution is -2.54. The van der Waals surface area contributed by atoms with Gasteiger partial charge in [-0.3, -0.25) is 9.59 Å². The number of hydrogen-bond donors (Lipinski definition) is 0. The Morgan fingerprint density at radius 3 is 2.40 bits per heavy atom. The first-order valence-corrected chi connectivity index (χ1v) is 8.70. The zero-order valence-electron chi connectivity index (χ0n) is 14.2. The predicted octanol–water partition coefficient (Wildman–Crippen LogP) is 1.62. The van der Waals surface area contributed by atoms with E-state index in [1.165, 1.54) is 22.6 Å². The molecule has 1 aromatic carbocycles. The van der Waals surface area contributed by atoms with Gasteiger partial charge in [0.05, 0.1) is 11.8 Å². The SMILES string of the molecule is CN1CC2C(=O)N(c3ccc(OC4CCCC4)cc3)C(=O)N2CC1=O. The van der Waals surface area contributed by atoms with Gasteiger partial charge in [-0.15, -0.1) is 0 Å². The molecule has 1 aromatic rings. The number of fused-ring (bicyclic) bond motifs is 1. The molecule has 0 aromatic heterocycles. The minimum absolute atomic E-state index is 0.0505. The molecule has 132 valence electrons.